The van der Waals surface area contributed by atoms with Gasteiger partial charge in [0.05, 0.1) is 19.2 Å². The Morgan fingerprint density at radius 1 is 0.917 bits per heavy atom. The summed E-state index contributed by atoms with van der Waals surface area (Å²) < 4.78 is 12.9. The van der Waals surface area contributed by atoms with Gasteiger partial charge in [0.25, 0.3) is 0 Å². The summed E-state index contributed by atoms with van der Waals surface area (Å²) in [5.41, 5.74) is 0. The highest BCUT2D eigenvalue weighted by atomic mass is 28.4. The minimum absolute atomic E-state index is 0.0000713. The van der Waals surface area contributed by atoms with Crippen molar-refractivity contribution in [2.24, 2.45) is 0 Å². The van der Waals surface area contributed by atoms with E-state index in [1.807, 2.05) is 0 Å². The van der Waals surface area contributed by atoms with E-state index in [0.29, 0.717) is 0 Å². The Balaban J connectivity index is 2.96. The first-order chi connectivity index (χ1) is 16.7. The monoisotopic (exact) mass is 536 g/mol. The second-order valence-electron chi connectivity index (χ2n) is 13.6. The molecule has 0 N–H and O–H groups in total. The molecule has 1 saturated heterocycles. The molecule has 0 aliphatic carbocycles. The summed E-state index contributed by atoms with van der Waals surface area (Å²) in [5, 5.41) is -0.108. The van der Waals surface area contributed by atoms with Crippen molar-refractivity contribution in [1.29, 1.82) is 0 Å². The Morgan fingerprint density at radius 2 is 1.53 bits per heavy atom. The number of carbonyl (C=O) groups excluding carboxylic acids is 1. The molecule has 0 amide bonds. The van der Waals surface area contributed by atoms with E-state index in [1.165, 1.54) is 44.9 Å². The zero-order valence-electron chi connectivity index (χ0n) is 25.7. The smallest absolute Gasteiger partial charge is 0.313 e. The number of unbranched alkanes of at least 4 members (excludes halogenated alkanes) is 6. The molecule has 36 heavy (non-hydrogen) atoms. The van der Waals surface area contributed by atoms with Crippen molar-refractivity contribution < 1.29 is 14.0 Å². The average molecular weight is 537 g/mol. The van der Waals surface area contributed by atoms with Gasteiger partial charge in [-0.15, -0.1) is 0 Å². The van der Waals surface area contributed by atoms with Crippen LogP contribution in [0.15, 0.2) is 24.3 Å². The highest BCUT2D eigenvalue weighted by molar-refractivity contribution is 6.83. The Kier molecular flexibility index (Phi) is 14.0. The summed E-state index contributed by atoms with van der Waals surface area (Å²) in [6.07, 6.45) is 22.8. The molecule has 0 unspecified atom stereocenters. The molecule has 210 valence electrons. The summed E-state index contributed by atoms with van der Waals surface area (Å²) >= 11 is 0. The Labute approximate surface area is 227 Å². The number of esters is 1. The lowest BCUT2D eigenvalue weighted by Crippen LogP contribution is -2.63. The van der Waals surface area contributed by atoms with E-state index in [0.717, 1.165) is 32.1 Å². The second kappa shape index (κ2) is 15.1. The van der Waals surface area contributed by atoms with Crippen molar-refractivity contribution in [3.63, 3.8) is 0 Å². The lowest BCUT2D eigenvalue weighted by Gasteiger charge is -2.55. The normalized spacial score (nSPS) is 22.3. The van der Waals surface area contributed by atoms with Crippen LogP contribution in [0.25, 0.3) is 0 Å². The summed E-state index contributed by atoms with van der Waals surface area (Å²) in [4.78, 5) is 13.1. The zero-order valence-corrected chi connectivity index (χ0v) is 27.7. The second-order valence-corrected chi connectivity index (χ2v) is 23.7. The van der Waals surface area contributed by atoms with Gasteiger partial charge in [0, 0.05) is 6.42 Å². The van der Waals surface area contributed by atoms with Crippen LogP contribution in [0.5, 0.6) is 0 Å². The van der Waals surface area contributed by atoms with Crippen LogP contribution < -0.4 is 0 Å². The molecule has 0 radical (unpaired) electrons. The molecule has 1 rings (SSSR count). The van der Waals surface area contributed by atoms with Crippen LogP contribution in [-0.4, -0.2) is 34.6 Å². The van der Waals surface area contributed by atoms with Crippen molar-refractivity contribution in [3.8, 4) is 0 Å². The van der Waals surface area contributed by atoms with Gasteiger partial charge in [-0.3, -0.25) is 4.79 Å². The lowest BCUT2D eigenvalue weighted by atomic mass is 9.85. The number of cyclic esters (lactones) is 1. The fourth-order valence-corrected chi connectivity index (χ4v) is 9.21. The first-order valence-electron chi connectivity index (χ1n) is 14.9. The highest BCUT2D eigenvalue weighted by Gasteiger charge is 2.64. The topological polar surface area (TPSA) is 35.5 Å². The molecule has 0 aromatic heterocycles. The van der Waals surface area contributed by atoms with Gasteiger partial charge >= 0.3 is 5.97 Å². The fourth-order valence-electron chi connectivity index (χ4n) is 5.09. The summed E-state index contributed by atoms with van der Waals surface area (Å²) in [5.74, 6) is 0.0676. The number of ether oxygens (including phenoxy) is 1. The van der Waals surface area contributed by atoms with Crippen LogP contribution in [0.3, 0.4) is 0 Å². The number of rotatable bonds is 18. The van der Waals surface area contributed by atoms with Gasteiger partial charge < -0.3 is 9.16 Å². The van der Waals surface area contributed by atoms with Gasteiger partial charge in [0.2, 0.25) is 0 Å². The molecule has 0 saturated carbocycles. The number of carbonyl (C=O) groups is 1. The zero-order chi connectivity index (χ0) is 27.5. The molecule has 0 aromatic carbocycles. The Morgan fingerprint density at radius 3 is 2.08 bits per heavy atom. The van der Waals surface area contributed by atoms with Crippen molar-refractivity contribution in [1.82, 2.24) is 0 Å². The molecule has 1 aliphatic rings. The summed E-state index contributed by atoms with van der Waals surface area (Å²) in [6, 6.07) is 0. The summed E-state index contributed by atoms with van der Waals surface area (Å²) in [6.45, 7) is 23.2. The van der Waals surface area contributed by atoms with Crippen LogP contribution in [0, 0.1) is 0 Å². The Bertz CT molecular complexity index is 700. The fraction of sp³-hybridized carbons (Fsp3) is 0.839. The van der Waals surface area contributed by atoms with Crippen LogP contribution in [-0.2, 0) is 14.0 Å². The predicted octanol–water partition coefficient (Wildman–Crippen LogP) is 10.2. The van der Waals surface area contributed by atoms with Crippen LogP contribution in [0.1, 0.15) is 112 Å². The molecular weight excluding hydrogens is 477 g/mol. The van der Waals surface area contributed by atoms with Crippen molar-refractivity contribution >= 4 is 22.4 Å². The van der Waals surface area contributed by atoms with Gasteiger partial charge in [-0.1, -0.05) is 117 Å². The quantitative estimate of drug-likeness (QED) is 0.0756. The van der Waals surface area contributed by atoms with Gasteiger partial charge in [-0.25, -0.2) is 0 Å². The first kappa shape index (κ1) is 33.4. The highest BCUT2D eigenvalue weighted by Crippen LogP contribution is 2.57. The van der Waals surface area contributed by atoms with E-state index in [4.69, 9.17) is 9.16 Å². The van der Waals surface area contributed by atoms with E-state index in [1.54, 1.807) is 0 Å². The molecule has 1 heterocycles. The molecule has 3 nitrogen and oxygen atoms in total. The molecule has 5 heteroatoms. The molecule has 1 aliphatic heterocycles. The maximum absolute atomic E-state index is 13.1. The number of allylic oxidation sites excluding steroid dienone is 3. The lowest BCUT2D eigenvalue weighted by molar-refractivity contribution is -0.185. The SMILES string of the molecule is CCCCC/C=C\C/C=C\C[C@H](C[C@H]1OC(=O)[C@@]1(CCCCCC)[Si](C)(C)C)O[Si](C)(C)C(C)(C)C. The predicted molar refractivity (Wildman–Crippen MR) is 163 cm³/mol. The largest absolute Gasteiger partial charge is 0.461 e. The van der Waals surface area contributed by atoms with Crippen molar-refractivity contribution in [2.45, 2.75) is 167 Å². The maximum Gasteiger partial charge on any atom is 0.313 e. The molecule has 0 spiro atoms. The van der Waals surface area contributed by atoms with Gasteiger partial charge in [0.15, 0.2) is 8.32 Å². The molecular formula is C31H60O3Si2. The molecule has 0 bridgehead atoms. The molecule has 3 atom stereocenters. The third-order valence-electron chi connectivity index (χ3n) is 8.65. The Hall–Kier alpha value is -0.656. The van der Waals surface area contributed by atoms with Crippen LogP contribution >= 0.6 is 0 Å². The number of hydrogen-bond acceptors (Lipinski definition) is 3. The van der Waals surface area contributed by atoms with Crippen molar-refractivity contribution in [3.05, 3.63) is 24.3 Å². The van der Waals surface area contributed by atoms with Gasteiger partial charge in [-0.05, 0) is 50.2 Å². The standard InChI is InChI=1S/C31H60O3Si2/c1-11-13-15-17-18-19-20-21-22-24-27(34-36(9,10)30(3,4)5)26-28-31(29(32)33-28,35(6,7)8)25-23-16-14-12-2/h18-19,21-22,27-28H,11-17,20,23-26H2,1-10H3/b19-18-,22-21-/t27-,28-,31+/m1/s1. The van der Waals surface area contributed by atoms with Gasteiger partial charge in [-0.2, -0.15) is 0 Å². The minimum Gasteiger partial charge on any atom is -0.461 e. The third-order valence-corrected chi connectivity index (χ3v) is 16.6. The molecule has 0 aromatic rings. The average Bonchev–Trinajstić information content (AvgIpc) is 2.75. The van der Waals surface area contributed by atoms with E-state index in [2.05, 4.69) is 91.7 Å². The van der Waals surface area contributed by atoms with E-state index in [-0.39, 0.29) is 28.3 Å². The number of hydrogen-bond donors (Lipinski definition) is 0. The van der Waals surface area contributed by atoms with Crippen LogP contribution in [0.4, 0.5) is 0 Å². The van der Waals surface area contributed by atoms with Gasteiger partial charge in [0.1, 0.15) is 6.10 Å². The van der Waals surface area contributed by atoms with Crippen molar-refractivity contribution in [2.75, 3.05) is 0 Å². The van der Waals surface area contributed by atoms with E-state index >= 15 is 0 Å². The van der Waals surface area contributed by atoms with E-state index < -0.39 is 16.4 Å². The first-order valence-corrected chi connectivity index (χ1v) is 21.3. The van der Waals surface area contributed by atoms with E-state index in [9.17, 15) is 4.79 Å². The minimum atomic E-state index is -1.94. The maximum atomic E-state index is 13.1. The third kappa shape index (κ3) is 9.58. The molecule has 1 fully saturated rings. The van der Waals surface area contributed by atoms with Crippen LogP contribution in [0.2, 0.25) is 42.8 Å². The summed E-state index contributed by atoms with van der Waals surface area (Å²) in [7, 11) is -3.72.